The molecule has 0 bridgehead atoms. The molecule has 3 unspecified atom stereocenters. The molecule has 0 fully saturated rings. The molecule has 0 rings (SSSR count). The van der Waals surface area contributed by atoms with Gasteiger partial charge in [0.2, 0.25) is 0 Å². The summed E-state index contributed by atoms with van der Waals surface area (Å²) in [7, 11) is 2.15. The summed E-state index contributed by atoms with van der Waals surface area (Å²) in [5.41, 5.74) is -0.0530. The highest BCUT2D eigenvalue weighted by atomic mass is 31.1. The average Bonchev–Trinajstić information content (AvgIpc) is 2.30. The first-order chi connectivity index (χ1) is 9.32. The number of hydrogen-bond donors (Lipinski definition) is 0. The second-order valence-electron chi connectivity index (χ2n) is 8.61. The van der Waals surface area contributed by atoms with Crippen LogP contribution in [0.1, 0.15) is 48.5 Å². The predicted octanol–water partition coefficient (Wildman–Crippen LogP) is 3.47. The van der Waals surface area contributed by atoms with Crippen LogP contribution in [-0.2, 0) is 9.47 Å². The lowest BCUT2D eigenvalue weighted by Crippen LogP contribution is -2.28. The molecule has 0 aromatic heterocycles. The minimum Gasteiger partial charge on any atom is -0.385 e. The zero-order chi connectivity index (χ0) is 16.8. The van der Waals surface area contributed by atoms with Crippen LogP contribution in [0.4, 0.5) is 0 Å². The second-order valence-corrected chi connectivity index (χ2v) is 11.3. The Bertz CT molecular complexity index is 290. The Morgan fingerprint density at radius 1 is 1.10 bits per heavy atom. The van der Waals surface area contributed by atoms with Crippen LogP contribution >= 0.6 is 7.68 Å². The molecule has 0 aromatic rings. The minimum absolute atomic E-state index is 0.0236. The third-order valence-electron chi connectivity index (χ3n) is 3.70. The average molecular weight is 312 g/mol. The number of ether oxygens (including phenoxy) is 2. The molecule has 6 heteroatoms. The van der Waals surface area contributed by atoms with E-state index in [1.54, 1.807) is 0 Å². The quantitative estimate of drug-likeness (QED) is 0.479. The summed E-state index contributed by atoms with van der Waals surface area (Å²) in [4.78, 5) is 0. The second kappa shape index (κ2) is 8.99. The Hall–Kier alpha value is 0.545. The van der Waals surface area contributed by atoms with Crippen molar-refractivity contribution < 1.29 is 9.47 Å². The molecule has 2 nitrogen and oxygen atoms in total. The lowest BCUT2D eigenvalue weighted by molar-refractivity contribution is -0.00240. The van der Waals surface area contributed by atoms with Crippen molar-refractivity contribution in [2.45, 2.75) is 78.0 Å². The van der Waals surface area contributed by atoms with Crippen LogP contribution in [0, 0.1) is 0 Å². The van der Waals surface area contributed by atoms with Gasteiger partial charge in [-0.05, 0) is 46.3 Å². The smallest absolute Gasteiger partial charge is 0.163 e. The molecule has 0 spiro atoms. The highest BCUT2D eigenvalue weighted by Crippen LogP contribution is 2.41. The topological polar surface area (TPSA) is 18.5 Å². The molecule has 0 aliphatic rings. The van der Waals surface area contributed by atoms with Gasteiger partial charge < -0.3 is 9.47 Å². The van der Waals surface area contributed by atoms with E-state index in [0.717, 1.165) is 19.6 Å². The van der Waals surface area contributed by atoms with E-state index in [9.17, 15) is 0 Å². The fourth-order valence-corrected chi connectivity index (χ4v) is 4.43. The van der Waals surface area contributed by atoms with Crippen LogP contribution in [0.3, 0.4) is 0 Å². The molecular weight excluding hydrogens is 276 g/mol. The van der Waals surface area contributed by atoms with Crippen molar-refractivity contribution in [3.05, 3.63) is 0 Å². The predicted molar refractivity (Wildman–Crippen MR) is 105 cm³/mol. The Morgan fingerprint density at radius 2 is 1.62 bits per heavy atom. The summed E-state index contributed by atoms with van der Waals surface area (Å²) < 4.78 is 11.9. The van der Waals surface area contributed by atoms with Gasteiger partial charge in [-0.2, -0.15) is 7.68 Å². The lowest BCUT2D eigenvalue weighted by atomic mass is 9.66. The highest BCUT2D eigenvalue weighted by Gasteiger charge is 2.26. The van der Waals surface area contributed by atoms with Crippen LogP contribution in [0.25, 0.3) is 0 Å². The molecule has 0 radical (unpaired) electrons. The van der Waals surface area contributed by atoms with Gasteiger partial charge in [0.15, 0.2) is 6.43 Å². The van der Waals surface area contributed by atoms with Crippen molar-refractivity contribution in [3.63, 3.8) is 0 Å². The Kier molecular flexibility index (Phi) is 9.22. The SMILES string of the molecule is BC(C)(C)OCC(C)BP(C)B(C)C(C)COC(C)(C)C. The van der Waals surface area contributed by atoms with Gasteiger partial charge in [0.1, 0.15) is 14.8 Å². The van der Waals surface area contributed by atoms with Gasteiger partial charge in [0, 0.05) is 18.7 Å². The normalized spacial score (nSPS) is 17.2. The Balaban J connectivity index is 4.16. The Morgan fingerprint density at radius 3 is 2.05 bits per heavy atom. The van der Waals surface area contributed by atoms with Crippen LogP contribution in [0.2, 0.25) is 18.5 Å². The largest absolute Gasteiger partial charge is 0.385 e. The first-order valence-corrected chi connectivity index (χ1v) is 10.3. The monoisotopic (exact) mass is 312 g/mol. The Labute approximate surface area is 136 Å². The third-order valence-corrected chi connectivity index (χ3v) is 6.80. The zero-order valence-corrected chi connectivity index (χ0v) is 17.0. The van der Waals surface area contributed by atoms with Gasteiger partial charge in [-0.15, -0.1) is 0 Å². The van der Waals surface area contributed by atoms with Crippen molar-refractivity contribution in [2.75, 3.05) is 19.9 Å². The van der Waals surface area contributed by atoms with E-state index < -0.39 is 0 Å². The summed E-state index contributed by atoms with van der Waals surface area (Å²) in [6.45, 7) is 23.1. The van der Waals surface area contributed by atoms with E-state index in [1.165, 1.54) is 7.00 Å². The third kappa shape index (κ3) is 11.7. The molecule has 0 N–H and O–H groups in total. The maximum absolute atomic E-state index is 5.95. The van der Waals surface area contributed by atoms with Gasteiger partial charge in [0.05, 0.1) is 5.60 Å². The number of rotatable bonds is 9. The van der Waals surface area contributed by atoms with Gasteiger partial charge in [-0.1, -0.05) is 27.3 Å². The van der Waals surface area contributed by atoms with Crippen molar-refractivity contribution in [2.24, 2.45) is 0 Å². The van der Waals surface area contributed by atoms with Crippen LogP contribution in [-0.4, -0.2) is 52.3 Å². The summed E-state index contributed by atoms with van der Waals surface area (Å²) in [6, 6.07) is 0. The lowest BCUT2D eigenvalue weighted by Gasteiger charge is -2.29. The maximum atomic E-state index is 5.95. The summed E-state index contributed by atoms with van der Waals surface area (Å²) in [5, 5.41) is 0. The van der Waals surface area contributed by atoms with Crippen LogP contribution in [0.5, 0.6) is 0 Å². The molecule has 21 heavy (non-hydrogen) atoms. The van der Waals surface area contributed by atoms with Crippen molar-refractivity contribution in [1.29, 1.82) is 0 Å². The van der Waals surface area contributed by atoms with Gasteiger partial charge in [0.25, 0.3) is 0 Å². The molecule has 122 valence electrons. The first kappa shape index (κ1) is 21.5. The summed E-state index contributed by atoms with van der Waals surface area (Å²) in [6.07, 6.45) is 0.736. The van der Waals surface area contributed by atoms with Gasteiger partial charge >= 0.3 is 0 Å². The molecule has 0 aromatic carbocycles. The first-order valence-electron chi connectivity index (χ1n) is 8.30. The fourth-order valence-electron chi connectivity index (χ4n) is 2.06. The van der Waals surface area contributed by atoms with Crippen molar-refractivity contribution >= 4 is 29.0 Å². The molecule has 0 saturated carbocycles. The van der Waals surface area contributed by atoms with E-state index >= 15 is 0 Å². The van der Waals surface area contributed by atoms with E-state index in [0.29, 0.717) is 11.6 Å². The molecule has 0 saturated heterocycles. The minimum atomic E-state index is -0.0294. The van der Waals surface area contributed by atoms with E-state index in [2.05, 4.69) is 69.8 Å². The van der Waals surface area contributed by atoms with Gasteiger partial charge in [-0.3, -0.25) is 0 Å². The highest BCUT2D eigenvalue weighted by molar-refractivity contribution is 8.09. The molecule has 3 atom stereocenters. The van der Waals surface area contributed by atoms with Gasteiger partial charge in [-0.25, -0.2) is 0 Å². The number of hydrogen-bond acceptors (Lipinski definition) is 2. The molecule has 0 aliphatic carbocycles. The standard InChI is InChI=1S/C15H36B3O2P/c1-12(10-20-15(6,7)16)17-21(9)18(8)13(2)11-19-14(3,4)5/h12-13,17H,10-11,16H2,1-9H3. The summed E-state index contributed by atoms with van der Waals surface area (Å²) >= 11 is 0. The molecule has 0 heterocycles. The summed E-state index contributed by atoms with van der Waals surface area (Å²) in [5.74, 6) is 1.26. The van der Waals surface area contributed by atoms with Crippen molar-refractivity contribution in [3.8, 4) is 0 Å². The molecular formula is C15H36B3O2P. The van der Waals surface area contributed by atoms with Crippen LogP contribution in [0.15, 0.2) is 0 Å². The van der Waals surface area contributed by atoms with E-state index in [4.69, 9.17) is 9.47 Å². The van der Waals surface area contributed by atoms with Crippen LogP contribution < -0.4 is 0 Å². The maximum Gasteiger partial charge on any atom is 0.163 e. The molecule has 0 aliphatic heterocycles. The zero-order valence-electron chi connectivity index (χ0n) is 16.1. The van der Waals surface area contributed by atoms with E-state index in [-0.39, 0.29) is 18.8 Å². The van der Waals surface area contributed by atoms with Crippen molar-refractivity contribution in [1.82, 2.24) is 0 Å². The fraction of sp³-hybridized carbons (Fsp3) is 1.00. The molecule has 0 amide bonds. The van der Waals surface area contributed by atoms with E-state index in [1.807, 2.05) is 0 Å².